The standard InChI is InChI=1S/C13H23N5O2/c1-3-10-9-11(18(4-2)16-10)13(19)15-8-6-5-7-12(14)17-20/h9,20H,3-8H2,1-2H3,(H2,14,17)(H,15,19). The van der Waals surface area contributed by atoms with Crippen molar-refractivity contribution >= 4 is 11.7 Å². The van der Waals surface area contributed by atoms with E-state index in [4.69, 9.17) is 10.9 Å². The highest BCUT2D eigenvalue weighted by Crippen LogP contribution is 2.05. The molecule has 0 aliphatic carbocycles. The number of hydrogen-bond donors (Lipinski definition) is 3. The molecule has 0 aromatic carbocycles. The average molecular weight is 281 g/mol. The van der Waals surface area contributed by atoms with Crippen molar-refractivity contribution in [1.82, 2.24) is 15.1 Å². The lowest BCUT2D eigenvalue weighted by atomic mass is 10.2. The number of rotatable bonds is 8. The van der Waals surface area contributed by atoms with Crippen LogP contribution in [0.1, 0.15) is 49.3 Å². The molecule has 0 saturated carbocycles. The van der Waals surface area contributed by atoms with Crippen LogP contribution < -0.4 is 11.1 Å². The number of oxime groups is 1. The molecular weight excluding hydrogens is 258 g/mol. The van der Waals surface area contributed by atoms with Gasteiger partial charge in [-0.2, -0.15) is 5.10 Å². The number of carbonyl (C=O) groups excluding carboxylic acids is 1. The van der Waals surface area contributed by atoms with E-state index in [1.807, 2.05) is 19.9 Å². The highest BCUT2D eigenvalue weighted by molar-refractivity contribution is 5.92. The molecule has 0 spiro atoms. The lowest BCUT2D eigenvalue weighted by Gasteiger charge is -2.06. The van der Waals surface area contributed by atoms with Crippen molar-refractivity contribution in [2.45, 2.75) is 46.1 Å². The van der Waals surface area contributed by atoms with Gasteiger partial charge in [0.2, 0.25) is 0 Å². The molecule has 1 amide bonds. The van der Waals surface area contributed by atoms with Gasteiger partial charge < -0.3 is 16.3 Å². The van der Waals surface area contributed by atoms with Crippen molar-refractivity contribution in [2.24, 2.45) is 10.9 Å². The molecule has 7 heteroatoms. The summed E-state index contributed by atoms with van der Waals surface area (Å²) < 4.78 is 1.71. The summed E-state index contributed by atoms with van der Waals surface area (Å²) in [7, 11) is 0. The minimum Gasteiger partial charge on any atom is -0.409 e. The predicted molar refractivity (Wildman–Crippen MR) is 76.9 cm³/mol. The Bertz CT molecular complexity index is 467. The summed E-state index contributed by atoms with van der Waals surface area (Å²) in [4.78, 5) is 12.0. The molecule has 0 aliphatic heterocycles. The molecule has 20 heavy (non-hydrogen) atoms. The highest BCUT2D eigenvalue weighted by atomic mass is 16.4. The molecular formula is C13H23N5O2. The number of carbonyl (C=O) groups is 1. The van der Waals surface area contributed by atoms with Gasteiger partial charge in [0.05, 0.1) is 5.69 Å². The van der Waals surface area contributed by atoms with Crippen molar-refractivity contribution in [2.75, 3.05) is 6.54 Å². The van der Waals surface area contributed by atoms with Gasteiger partial charge >= 0.3 is 0 Å². The first kappa shape index (κ1) is 16.0. The second-order valence-corrected chi connectivity index (χ2v) is 4.49. The third kappa shape index (κ3) is 4.56. The third-order valence-corrected chi connectivity index (χ3v) is 3.00. The minimum atomic E-state index is -0.108. The number of amides is 1. The smallest absolute Gasteiger partial charge is 0.269 e. The van der Waals surface area contributed by atoms with Crippen LogP contribution in [0.4, 0.5) is 0 Å². The zero-order valence-corrected chi connectivity index (χ0v) is 12.1. The molecule has 0 fully saturated rings. The Hall–Kier alpha value is -2.05. The van der Waals surface area contributed by atoms with Gasteiger partial charge in [-0.3, -0.25) is 9.48 Å². The topological polar surface area (TPSA) is 106 Å². The van der Waals surface area contributed by atoms with Crippen LogP contribution in [-0.2, 0) is 13.0 Å². The summed E-state index contributed by atoms with van der Waals surface area (Å²) in [5, 5.41) is 18.5. The maximum Gasteiger partial charge on any atom is 0.269 e. The summed E-state index contributed by atoms with van der Waals surface area (Å²) in [5.41, 5.74) is 6.88. The Morgan fingerprint density at radius 1 is 1.50 bits per heavy atom. The fraction of sp³-hybridized carbons (Fsp3) is 0.615. The van der Waals surface area contributed by atoms with Crippen LogP contribution in [0.5, 0.6) is 0 Å². The van der Waals surface area contributed by atoms with E-state index >= 15 is 0 Å². The molecule has 7 nitrogen and oxygen atoms in total. The Balaban J connectivity index is 2.41. The first-order valence-electron chi connectivity index (χ1n) is 6.93. The normalized spacial score (nSPS) is 11.6. The van der Waals surface area contributed by atoms with Gasteiger partial charge in [0.1, 0.15) is 11.5 Å². The molecule has 0 atom stereocenters. The second kappa shape index (κ2) is 8.19. The van der Waals surface area contributed by atoms with Gasteiger partial charge in [-0.25, -0.2) is 0 Å². The van der Waals surface area contributed by atoms with Gasteiger partial charge in [0.15, 0.2) is 0 Å². The summed E-state index contributed by atoms with van der Waals surface area (Å²) in [6, 6.07) is 1.83. The summed E-state index contributed by atoms with van der Waals surface area (Å²) in [6.07, 6.45) is 2.89. The van der Waals surface area contributed by atoms with Gasteiger partial charge in [-0.15, -0.1) is 0 Å². The lowest BCUT2D eigenvalue weighted by Crippen LogP contribution is -2.27. The number of hydrogen-bond acceptors (Lipinski definition) is 4. The number of amidine groups is 1. The number of nitrogens with two attached hydrogens (primary N) is 1. The largest absolute Gasteiger partial charge is 0.409 e. The second-order valence-electron chi connectivity index (χ2n) is 4.49. The molecule has 0 aliphatic rings. The van der Waals surface area contributed by atoms with Gasteiger partial charge in [-0.1, -0.05) is 12.1 Å². The Labute approximate surface area is 118 Å². The Kier molecular flexibility index (Phi) is 6.55. The summed E-state index contributed by atoms with van der Waals surface area (Å²) >= 11 is 0. The van der Waals surface area contributed by atoms with E-state index in [2.05, 4.69) is 15.6 Å². The van der Waals surface area contributed by atoms with Crippen molar-refractivity contribution in [3.63, 3.8) is 0 Å². The number of nitrogens with zero attached hydrogens (tertiary/aromatic N) is 3. The maximum atomic E-state index is 12.0. The van der Waals surface area contributed by atoms with Crippen LogP contribution in [0.25, 0.3) is 0 Å². The van der Waals surface area contributed by atoms with E-state index in [1.54, 1.807) is 4.68 Å². The average Bonchev–Trinajstić information content (AvgIpc) is 2.89. The maximum absolute atomic E-state index is 12.0. The molecule has 112 valence electrons. The van der Waals surface area contributed by atoms with E-state index in [9.17, 15) is 4.79 Å². The zero-order valence-electron chi connectivity index (χ0n) is 12.1. The molecule has 1 aromatic rings. The van der Waals surface area contributed by atoms with Gasteiger partial charge in [0, 0.05) is 19.5 Å². The predicted octanol–water partition coefficient (Wildman–Crippen LogP) is 1.11. The first-order valence-corrected chi connectivity index (χ1v) is 6.93. The number of nitrogens with one attached hydrogen (secondary N) is 1. The first-order chi connectivity index (χ1) is 9.62. The minimum absolute atomic E-state index is 0.108. The highest BCUT2D eigenvalue weighted by Gasteiger charge is 2.13. The van der Waals surface area contributed by atoms with Gasteiger partial charge in [0.25, 0.3) is 5.91 Å². The molecule has 1 heterocycles. The van der Waals surface area contributed by atoms with Crippen molar-refractivity contribution in [3.8, 4) is 0 Å². The van der Waals surface area contributed by atoms with Crippen molar-refractivity contribution < 1.29 is 10.0 Å². The van der Waals surface area contributed by atoms with E-state index in [1.165, 1.54) is 0 Å². The SMILES string of the molecule is CCc1cc(C(=O)NCCCCC(N)=NO)n(CC)n1. The molecule has 4 N–H and O–H groups in total. The van der Waals surface area contributed by atoms with Crippen LogP contribution in [0.3, 0.4) is 0 Å². The molecule has 0 bridgehead atoms. The van der Waals surface area contributed by atoms with Crippen LogP contribution in [0.2, 0.25) is 0 Å². The van der Waals surface area contributed by atoms with Crippen LogP contribution in [-0.4, -0.2) is 33.3 Å². The molecule has 0 radical (unpaired) electrons. The van der Waals surface area contributed by atoms with Crippen LogP contribution in [0, 0.1) is 0 Å². The Morgan fingerprint density at radius 2 is 2.25 bits per heavy atom. The van der Waals surface area contributed by atoms with E-state index in [-0.39, 0.29) is 11.7 Å². The van der Waals surface area contributed by atoms with Crippen LogP contribution >= 0.6 is 0 Å². The van der Waals surface area contributed by atoms with Crippen molar-refractivity contribution in [3.05, 3.63) is 17.5 Å². The van der Waals surface area contributed by atoms with E-state index < -0.39 is 0 Å². The fourth-order valence-corrected chi connectivity index (χ4v) is 1.84. The van der Waals surface area contributed by atoms with E-state index in [0.717, 1.165) is 25.0 Å². The Morgan fingerprint density at radius 3 is 2.85 bits per heavy atom. The number of unbranched alkanes of at least 4 members (excludes halogenated alkanes) is 1. The van der Waals surface area contributed by atoms with Gasteiger partial charge in [-0.05, 0) is 32.3 Å². The quantitative estimate of drug-likeness (QED) is 0.218. The lowest BCUT2D eigenvalue weighted by molar-refractivity contribution is 0.0942. The molecule has 1 rings (SSSR count). The van der Waals surface area contributed by atoms with E-state index in [0.29, 0.717) is 25.2 Å². The zero-order chi connectivity index (χ0) is 15.0. The van der Waals surface area contributed by atoms with Crippen LogP contribution in [0.15, 0.2) is 11.2 Å². The van der Waals surface area contributed by atoms with Crippen molar-refractivity contribution in [1.29, 1.82) is 0 Å². The number of aryl methyl sites for hydroxylation is 2. The monoisotopic (exact) mass is 281 g/mol. The fourth-order valence-electron chi connectivity index (χ4n) is 1.84. The molecule has 0 saturated heterocycles. The summed E-state index contributed by atoms with van der Waals surface area (Å²) in [6.45, 7) is 5.21. The number of aromatic nitrogens is 2. The molecule has 0 unspecified atom stereocenters. The summed E-state index contributed by atoms with van der Waals surface area (Å²) in [5.74, 6) is 0.107. The third-order valence-electron chi connectivity index (χ3n) is 3.00. The molecule has 1 aromatic heterocycles.